The highest BCUT2D eigenvalue weighted by Crippen LogP contribution is 2.43. The molecule has 0 aliphatic carbocycles. The summed E-state index contributed by atoms with van der Waals surface area (Å²) in [5.41, 5.74) is 0.581. The summed E-state index contributed by atoms with van der Waals surface area (Å²) in [6.45, 7) is 7.71. The Labute approximate surface area is 175 Å². The summed E-state index contributed by atoms with van der Waals surface area (Å²) < 4.78 is 5.47. The van der Waals surface area contributed by atoms with Gasteiger partial charge in [-0.1, -0.05) is 44.5 Å². The molecule has 0 spiro atoms. The van der Waals surface area contributed by atoms with Crippen molar-refractivity contribution in [1.82, 2.24) is 0 Å². The van der Waals surface area contributed by atoms with Crippen LogP contribution in [0.3, 0.4) is 0 Å². The van der Waals surface area contributed by atoms with Gasteiger partial charge in [0.1, 0.15) is 5.75 Å². The second-order valence-electron chi connectivity index (χ2n) is 7.90. The van der Waals surface area contributed by atoms with Gasteiger partial charge in [0.2, 0.25) is 0 Å². The number of ketones is 1. The van der Waals surface area contributed by atoms with Gasteiger partial charge in [-0.2, -0.15) is 0 Å². The molecule has 5 nitrogen and oxygen atoms in total. The van der Waals surface area contributed by atoms with Gasteiger partial charge in [-0.05, 0) is 48.9 Å². The maximum atomic E-state index is 13.1. The average molecular weight is 414 g/mol. The maximum absolute atomic E-state index is 13.1. The number of Topliss-reactive ketones (excluding diaryl/α,β-unsaturated/α-hetero) is 1. The van der Waals surface area contributed by atoms with Crippen LogP contribution in [0.25, 0.3) is 0 Å². The Kier molecular flexibility index (Phi) is 5.71. The molecule has 0 saturated carbocycles. The summed E-state index contributed by atoms with van der Waals surface area (Å²) in [5.74, 6) is -0.730. The molecule has 152 valence electrons. The van der Waals surface area contributed by atoms with E-state index in [1.807, 2.05) is 6.92 Å². The number of carbonyl (C=O) groups excluding carboxylic acids is 2. The standard InChI is InChI=1S/C23H24ClNO4/c1-5-29-17-12-10-16(11-13-17)25-19(14-6-8-15(24)9-7-14)18(20(26)22(25)28)21(27)23(2,3)4/h6-13,19,26H,5H2,1-4H3. The Morgan fingerprint density at radius 2 is 1.69 bits per heavy atom. The Balaban J connectivity index is 2.13. The van der Waals surface area contributed by atoms with Crippen LogP contribution in [0.1, 0.15) is 39.3 Å². The predicted molar refractivity (Wildman–Crippen MR) is 113 cm³/mol. The van der Waals surface area contributed by atoms with E-state index in [1.165, 1.54) is 4.90 Å². The van der Waals surface area contributed by atoms with Gasteiger partial charge in [-0.15, -0.1) is 0 Å². The van der Waals surface area contributed by atoms with E-state index in [0.717, 1.165) is 0 Å². The fourth-order valence-electron chi connectivity index (χ4n) is 3.34. The van der Waals surface area contributed by atoms with Gasteiger partial charge in [0.25, 0.3) is 5.91 Å². The zero-order valence-corrected chi connectivity index (χ0v) is 17.7. The first kappa shape index (κ1) is 20.9. The molecule has 1 atom stereocenters. The van der Waals surface area contributed by atoms with Crippen LogP contribution in [-0.2, 0) is 9.59 Å². The minimum Gasteiger partial charge on any atom is -0.503 e. The molecule has 1 heterocycles. The number of hydrogen-bond acceptors (Lipinski definition) is 4. The van der Waals surface area contributed by atoms with Crippen LogP contribution in [-0.4, -0.2) is 23.4 Å². The summed E-state index contributed by atoms with van der Waals surface area (Å²) in [6.07, 6.45) is 0. The summed E-state index contributed by atoms with van der Waals surface area (Å²) >= 11 is 6.02. The summed E-state index contributed by atoms with van der Waals surface area (Å²) in [5, 5.41) is 11.2. The van der Waals surface area contributed by atoms with Gasteiger partial charge >= 0.3 is 0 Å². The molecule has 6 heteroatoms. The highest BCUT2D eigenvalue weighted by atomic mass is 35.5. The lowest BCUT2D eigenvalue weighted by atomic mass is 9.82. The molecular weight excluding hydrogens is 390 g/mol. The van der Waals surface area contributed by atoms with Gasteiger partial charge in [-0.25, -0.2) is 0 Å². The third kappa shape index (κ3) is 4.01. The van der Waals surface area contributed by atoms with Crippen molar-refractivity contribution in [1.29, 1.82) is 0 Å². The van der Waals surface area contributed by atoms with Crippen LogP contribution >= 0.6 is 11.6 Å². The number of hydrogen-bond donors (Lipinski definition) is 1. The van der Waals surface area contributed by atoms with E-state index in [0.29, 0.717) is 28.6 Å². The number of halogens is 1. The minimum atomic E-state index is -0.761. The Bertz CT molecular complexity index is 956. The molecule has 1 N–H and O–H groups in total. The zero-order valence-electron chi connectivity index (χ0n) is 16.9. The van der Waals surface area contributed by atoms with Gasteiger partial charge in [0.15, 0.2) is 11.5 Å². The van der Waals surface area contributed by atoms with Crippen molar-refractivity contribution in [3.05, 3.63) is 70.4 Å². The molecule has 2 aromatic rings. The highest BCUT2D eigenvalue weighted by molar-refractivity contribution is 6.30. The van der Waals surface area contributed by atoms with Gasteiger partial charge in [0, 0.05) is 16.1 Å². The van der Waals surface area contributed by atoms with Crippen molar-refractivity contribution in [2.45, 2.75) is 33.7 Å². The van der Waals surface area contributed by atoms with Crippen molar-refractivity contribution in [3.8, 4) is 5.75 Å². The first-order valence-corrected chi connectivity index (χ1v) is 9.82. The lowest BCUT2D eigenvalue weighted by molar-refractivity contribution is -0.123. The molecule has 1 amide bonds. The predicted octanol–water partition coefficient (Wildman–Crippen LogP) is 5.25. The number of benzene rings is 2. The molecule has 0 fully saturated rings. The summed E-state index contributed by atoms with van der Waals surface area (Å²) in [4.78, 5) is 27.6. The van der Waals surface area contributed by atoms with Crippen LogP contribution < -0.4 is 9.64 Å². The maximum Gasteiger partial charge on any atom is 0.294 e. The van der Waals surface area contributed by atoms with E-state index in [4.69, 9.17) is 16.3 Å². The SMILES string of the molecule is CCOc1ccc(N2C(=O)C(O)=C(C(=O)C(C)(C)C)C2c2ccc(Cl)cc2)cc1. The van der Waals surface area contributed by atoms with Crippen molar-refractivity contribution in [3.63, 3.8) is 0 Å². The van der Waals surface area contributed by atoms with Crippen LogP contribution in [0.2, 0.25) is 5.02 Å². The van der Waals surface area contributed by atoms with E-state index in [9.17, 15) is 14.7 Å². The van der Waals surface area contributed by atoms with E-state index in [-0.39, 0.29) is 11.4 Å². The topological polar surface area (TPSA) is 66.8 Å². The number of rotatable bonds is 5. The molecule has 0 saturated heterocycles. The average Bonchev–Trinajstić information content (AvgIpc) is 2.93. The molecule has 0 aromatic heterocycles. The zero-order chi connectivity index (χ0) is 21.3. The fourth-order valence-corrected chi connectivity index (χ4v) is 3.46. The van der Waals surface area contributed by atoms with Gasteiger partial charge < -0.3 is 9.84 Å². The number of carbonyl (C=O) groups is 2. The highest BCUT2D eigenvalue weighted by Gasteiger charge is 2.46. The quantitative estimate of drug-likeness (QED) is 0.726. The van der Waals surface area contributed by atoms with E-state index >= 15 is 0 Å². The molecule has 3 rings (SSSR count). The monoisotopic (exact) mass is 413 g/mol. The largest absolute Gasteiger partial charge is 0.503 e. The Morgan fingerprint density at radius 3 is 2.21 bits per heavy atom. The third-order valence-electron chi connectivity index (χ3n) is 4.75. The number of anilines is 1. The summed E-state index contributed by atoms with van der Waals surface area (Å²) in [7, 11) is 0. The van der Waals surface area contributed by atoms with Crippen molar-refractivity contribution < 1.29 is 19.4 Å². The number of ether oxygens (including phenoxy) is 1. The van der Waals surface area contributed by atoms with Crippen LogP contribution in [0.15, 0.2) is 59.9 Å². The van der Waals surface area contributed by atoms with E-state index < -0.39 is 23.1 Å². The molecule has 1 aliphatic heterocycles. The van der Waals surface area contributed by atoms with Crippen molar-refractivity contribution >= 4 is 29.0 Å². The van der Waals surface area contributed by atoms with E-state index in [2.05, 4.69) is 0 Å². The van der Waals surface area contributed by atoms with E-state index in [1.54, 1.807) is 69.3 Å². The molecular formula is C23H24ClNO4. The number of aliphatic hydroxyl groups is 1. The lowest BCUT2D eigenvalue weighted by Gasteiger charge is -2.29. The second kappa shape index (κ2) is 7.91. The molecule has 0 bridgehead atoms. The smallest absolute Gasteiger partial charge is 0.294 e. The minimum absolute atomic E-state index is 0.0960. The van der Waals surface area contributed by atoms with Crippen LogP contribution in [0.5, 0.6) is 5.75 Å². The number of aliphatic hydroxyl groups excluding tert-OH is 1. The molecule has 2 aromatic carbocycles. The first-order chi connectivity index (χ1) is 13.6. The fraction of sp³-hybridized carbons (Fsp3) is 0.304. The lowest BCUT2D eigenvalue weighted by Crippen LogP contribution is -2.32. The van der Waals surface area contributed by atoms with Crippen molar-refractivity contribution in [2.75, 3.05) is 11.5 Å². The Morgan fingerprint density at radius 1 is 1.10 bits per heavy atom. The number of amides is 1. The van der Waals surface area contributed by atoms with Crippen LogP contribution in [0, 0.1) is 5.41 Å². The summed E-state index contributed by atoms with van der Waals surface area (Å²) in [6, 6.07) is 13.2. The van der Waals surface area contributed by atoms with Gasteiger partial charge in [-0.3, -0.25) is 14.5 Å². The number of nitrogens with zero attached hydrogens (tertiary/aromatic N) is 1. The molecule has 29 heavy (non-hydrogen) atoms. The molecule has 1 aliphatic rings. The normalized spacial score (nSPS) is 17.1. The second-order valence-corrected chi connectivity index (χ2v) is 8.33. The molecule has 0 radical (unpaired) electrons. The van der Waals surface area contributed by atoms with Crippen molar-refractivity contribution in [2.24, 2.45) is 5.41 Å². The molecule has 1 unspecified atom stereocenters. The van der Waals surface area contributed by atoms with Gasteiger partial charge in [0.05, 0.1) is 18.2 Å². The first-order valence-electron chi connectivity index (χ1n) is 9.45. The van der Waals surface area contributed by atoms with Crippen LogP contribution in [0.4, 0.5) is 5.69 Å². The Hall–Kier alpha value is -2.79. The third-order valence-corrected chi connectivity index (χ3v) is 5.00.